The number of para-hydroxylation sites is 1. The topological polar surface area (TPSA) is 61.8 Å². The van der Waals surface area contributed by atoms with Crippen LogP contribution < -0.4 is 11.1 Å². The Morgan fingerprint density at radius 1 is 1.30 bits per heavy atom. The Hall–Kier alpha value is -2.57. The number of benzene rings is 1. The summed E-state index contributed by atoms with van der Waals surface area (Å²) in [5.74, 6) is 0.123. The third-order valence-electron chi connectivity index (χ3n) is 4.30. The van der Waals surface area contributed by atoms with Crippen molar-refractivity contribution in [2.24, 2.45) is 11.7 Å². The van der Waals surface area contributed by atoms with E-state index in [9.17, 15) is 0 Å². The zero-order valence-electron chi connectivity index (χ0n) is 13.7. The minimum atomic E-state index is -0.241. The molecule has 1 aliphatic carbocycles. The molecule has 3 nitrogen and oxygen atoms in total. The molecule has 0 amide bonds. The maximum Gasteiger partial charge on any atom is 0.0988 e. The zero-order valence-corrected chi connectivity index (χ0v) is 13.7. The van der Waals surface area contributed by atoms with Gasteiger partial charge in [0.05, 0.1) is 12.1 Å². The standard InChI is InChI=1S/C20H23N3/c1-14(17-8-6-7-16(13-21)11-12-17)15(2)20(22)18-9-4-5-10-19(18)23-3/h4-5,7-12,14,20,23H,2,6,22H2,1,3H3. The molecular formula is C20H23N3. The highest BCUT2D eigenvalue weighted by atomic mass is 14.8. The number of nitrogens with one attached hydrogen (secondary N) is 1. The molecule has 3 N–H and O–H groups in total. The minimum Gasteiger partial charge on any atom is -0.388 e. The number of nitrogens with two attached hydrogens (primary N) is 1. The van der Waals surface area contributed by atoms with Crippen LogP contribution in [0.3, 0.4) is 0 Å². The van der Waals surface area contributed by atoms with Gasteiger partial charge in [-0.05, 0) is 35.3 Å². The Bertz CT molecular complexity index is 717. The lowest BCUT2D eigenvalue weighted by Gasteiger charge is -2.24. The molecule has 118 valence electrons. The lowest BCUT2D eigenvalue weighted by Crippen LogP contribution is -2.19. The molecule has 2 rings (SSSR count). The van der Waals surface area contributed by atoms with E-state index in [4.69, 9.17) is 11.0 Å². The highest BCUT2D eigenvalue weighted by Gasteiger charge is 2.20. The molecule has 0 saturated heterocycles. The molecule has 2 unspecified atom stereocenters. The van der Waals surface area contributed by atoms with Crippen molar-refractivity contribution in [1.82, 2.24) is 0 Å². The average Bonchev–Trinajstić information content (AvgIpc) is 2.85. The maximum absolute atomic E-state index is 9.01. The first-order chi connectivity index (χ1) is 11.1. The summed E-state index contributed by atoms with van der Waals surface area (Å²) in [7, 11) is 1.89. The van der Waals surface area contributed by atoms with Gasteiger partial charge in [-0.2, -0.15) is 5.26 Å². The Kier molecular flexibility index (Phi) is 5.56. The number of rotatable bonds is 5. The second-order valence-corrected chi connectivity index (χ2v) is 5.66. The van der Waals surface area contributed by atoms with Crippen molar-refractivity contribution in [3.8, 4) is 6.07 Å². The van der Waals surface area contributed by atoms with Gasteiger partial charge in [0, 0.05) is 24.2 Å². The first-order valence-electron chi connectivity index (χ1n) is 7.77. The normalized spacial score (nSPS) is 16.4. The lowest BCUT2D eigenvalue weighted by molar-refractivity contribution is 0.701. The predicted molar refractivity (Wildman–Crippen MR) is 96.8 cm³/mol. The summed E-state index contributed by atoms with van der Waals surface area (Å²) in [5, 5.41) is 12.2. The monoisotopic (exact) mass is 305 g/mol. The fraction of sp³-hybridized carbons (Fsp3) is 0.250. The molecular weight excluding hydrogens is 282 g/mol. The fourth-order valence-corrected chi connectivity index (χ4v) is 2.73. The number of allylic oxidation sites excluding steroid dienone is 6. The molecule has 0 aliphatic heterocycles. The Morgan fingerprint density at radius 2 is 2.04 bits per heavy atom. The molecule has 1 aromatic rings. The van der Waals surface area contributed by atoms with Crippen LogP contribution in [0.1, 0.15) is 24.9 Å². The van der Waals surface area contributed by atoms with Crippen LogP contribution in [0.2, 0.25) is 0 Å². The summed E-state index contributed by atoms with van der Waals surface area (Å²) >= 11 is 0. The predicted octanol–water partition coefficient (Wildman–Crippen LogP) is 4.26. The molecule has 0 saturated carbocycles. The molecule has 2 atom stereocenters. The number of hydrogen-bond donors (Lipinski definition) is 2. The van der Waals surface area contributed by atoms with Crippen molar-refractivity contribution < 1.29 is 0 Å². The fourth-order valence-electron chi connectivity index (χ4n) is 2.73. The summed E-state index contributed by atoms with van der Waals surface area (Å²) in [4.78, 5) is 0. The van der Waals surface area contributed by atoms with Crippen LogP contribution in [0, 0.1) is 17.2 Å². The van der Waals surface area contributed by atoms with Crippen LogP contribution in [0.4, 0.5) is 5.69 Å². The van der Waals surface area contributed by atoms with E-state index in [0.717, 1.165) is 28.8 Å². The largest absolute Gasteiger partial charge is 0.388 e. The van der Waals surface area contributed by atoms with E-state index in [1.165, 1.54) is 0 Å². The van der Waals surface area contributed by atoms with Crippen LogP contribution in [0.15, 0.2) is 71.9 Å². The van der Waals surface area contributed by atoms with Gasteiger partial charge in [-0.15, -0.1) is 0 Å². The van der Waals surface area contributed by atoms with Crippen molar-refractivity contribution in [1.29, 1.82) is 5.26 Å². The van der Waals surface area contributed by atoms with Gasteiger partial charge >= 0.3 is 0 Å². The molecule has 0 fully saturated rings. The van der Waals surface area contributed by atoms with Crippen molar-refractivity contribution in [3.63, 3.8) is 0 Å². The van der Waals surface area contributed by atoms with E-state index in [0.29, 0.717) is 5.57 Å². The van der Waals surface area contributed by atoms with Crippen LogP contribution in [-0.4, -0.2) is 7.05 Å². The van der Waals surface area contributed by atoms with E-state index in [1.54, 1.807) is 0 Å². The maximum atomic E-state index is 9.01. The molecule has 23 heavy (non-hydrogen) atoms. The summed E-state index contributed by atoms with van der Waals surface area (Å²) < 4.78 is 0. The van der Waals surface area contributed by atoms with Crippen molar-refractivity contribution in [2.45, 2.75) is 19.4 Å². The van der Waals surface area contributed by atoms with E-state index in [-0.39, 0.29) is 12.0 Å². The Morgan fingerprint density at radius 3 is 2.74 bits per heavy atom. The number of anilines is 1. The van der Waals surface area contributed by atoms with Crippen LogP contribution >= 0.6 is 0 Å². The van der Waals surface area contributed by atoms with Crippen molar-refractivity contribution in [2.75, 3.05) is 12.4 Å². The van der Waals surface area contributed by atoms with Crippen LogP contribution in [-0.2, 0) is 0 Å². The van der Waals surface area contributed by atoms with Gasteiger partial charge in [-0.3, -0.25) is 0 Å². The Labute approximate surface area is 138 Å². The second-order valence-electron chi connectivity index (χ2n) is 5.66. The molecule has 0 heterocycles. The molecule has 0 spiro atoms. The van der Waals surface area contributed by atoms with Gasteiger partial charge in [0.1, 0.15) is 0 Å². The first-order valence-corrected chi connectivity index (χ1v) is 7.77. The average molecular weight is 305 g/mol. The van der Waals surface area contributed by atoms with E-state index >= 15 is 0 Å². The zero-order chi connectivity index (χ0) is 16.8. The molecule has 3 heteroatoms. The van der Waals surface area contributed by atoms with Gasteiger partial charge in [-0.25, -0.2) is 0 Å². The van der Waals surface area contributed by atoms with Crippen molar-refractivity contribution in [3.05, 3.63) is 77.4 Å². The summed E-state index contributed by atoms with van der Waals surface area (Å²) in [6.07, 6.45) is 8.66. The number of hydrogen-bond acceptors (Lipinski definition) is 3. The molecule has 0 radical (unpaired) electrons. The van der Waals surface area contributed by atoms with E-state index in [1.807, 2.05) is 49.5 Å². The molecule has 0 bridgehead atoms. The highest BCUT2D eigenvalue weighted by Crippen LogP contribution is 2.33. The third-order valence-corrected chi connectivity index (χ3v) is 4.30. The lowest BCUT2D eigenvalue weighted by atomic mass is 9.85. The quantitative estimate of drug-likeness (QED) is 0.799. The van der Waals surface area contributed by atoms with Gasteiger partial charge < -0.3 is 11.1 Å². The first kappa shape index (κ1) is 16.8. The minimum absolute atomic E-state index is 0.123. The number of nitrogens with zero attached hydrogens (tertiary/aromatic N) is 1. The summed E-state index contributed by atoms with van der Waals surface area (Å²) in [6, 6.07) is 9.96. The third kappa shape index (κ3) is 3.80. The summed E-state index contributed by atoms with van der Waals surface area (Å²) in [6.45, 7) is 6.35. The van der Waals surface area contributed by atoms with Gasteiger partial charge in [-0.1, -0.05) is 49.9 Å². The van der Waals surface area contributed by atoms with Gasteiger partial charge in [0.25, 0.3) is 0 Å². The number of nitriles is 1. The SMILES string of the molecule is C=C(C(C)C1=CCC=C(C#N)C=C1)C(N)c1ccccc1NC. The van der Waals surface area contributed by atoms with Crippen molar-refractivity contribution >= 4 is 5.69 Å². The molecule has 0 aromatic heterocycles. The smallest absolute Gasteiger partial charge is 0.0988 e. The van der Waals surface area contributed by atoms with E-state index < -0.39 is 0 Å². The van der Waals surface area contributed by atoms with Crippen LogP contribution in [0.25, 0.3) is 0 Å². The molecule has 1 aromatic carbocycles. The highest BCUT2D eigenvalue weighted by molar-refractivity contribution is 5.54. The summed E-state index contributed by atoms with van der Waals surface area (Å²) in [5.41, 5.74) is 11.3. The van der Waals surface area contributed by atoms with Gasteiger partial charge in [0.2, 0.25) is 0 Å². The second kappa shape index (κ2) is 7.62. The Balaban J connectivity index is 2.20. The molecule has 1 aliphatic rings. The van der Waals surface area contributed by atoms with Crippen LogP contribution in [0.5, 0.6) is 0 Å². The van der Waals surface area contributed by atoms with E-state index in [2.05, 4.69) is 31.0 Å². The van der Waals surface area contributed by atoms with Gasteiger partial charge in [0.15, 0.2) is 0 Å².